The predicted molar refractivity (Wildman–Crippen MR) is 90.1 cm³/mol. The number of carbonyl (C=O) groups is 1. The van der Waals surface area contributed by atoms with Gasteiger partial charge < -0.3 is 4.74 Å². The molecule has 1 atom stereocenters. The van der Waals surface area contributed by atoms with Crippen LogP contribution in [0.15, 0.2) is 0 Å². The fourth-order valence-corrected chi connectivity index (χ4v) is 6.12. The predicted octanol–water partition coefficient (Wildman–Crippen LogP) is 2.52. The summed E-state index contributed by atoms with van der Waals surface area (Å²) in [5.41, 5.74) is -0.187. The van der Waals surface area contributed by atoms with Gasteiger partial charge in [-0.25, -0.2) is 0 Å². The summed E-state index contributed by atoms with van der Waals surface area (Å²) in [5, 5.41) is 0. The maximum absolute atomic E-state index is 13.2. The number of hydrogen-bond donors (Lipinski definition) is 0. The highest BCUT2D eigenvalue weighted by molar-refractivity contribution is 5.93. The minimum Gasteiger partial charge on any atom is -0.376 e. The Hall–Kier alpha value is -0.450. The molecule has 4 bridgehead atoms. The van der Waals surface area contributed by atoms with Gasteiger partial charge in [0.05, 0.1) is 22.6 Å². The molecule has 5 heterocycles. The van der Waals surface area contributed by atoms with Gasteiger partial charge in [0.2, 0.25) is 0 Å². The van der Waals surface area contributed by atoms with Crippen molar-refractivity contribution in [1.82, 2.24) is 9.80 Å². The SMILES string of the molecule is CCC12CN3CC(CC)(CN(C1)C3C1CCOC(C)(C)C1)C2=O. The summed E-state index contributed by atoms with van der Waals surface area (Å²) >= 11 is 0. The van der Waals surface area contributed by atoms with Crippen LogP contribution in [0.3, 0.4) is 0 Å². The standard InChI is InChI=1S/C19H32N2O2/c1-5-18-10-20-12-19(6-2,16(18)22)13-21(11-18)15(20)14-7-8-23-17(3,4)9-14/h14-15H,5-13H2,1-4H3. The van der Waals surface area contributed by atoms with Gasteiger partial charge in [-0.05, 0) is 45.4 Å². The third-order valence-electron chi connectivity index (χ3n) is 7.24. The Labute approximate surface area is 140 Å². The monoisotopic (exact) mass is 320 g/mol. The molecule has 23 heavy (non-hydrogen) atoms. The Kier molecular flexibility index (Phi) is 3.51. The molecule has 4 heteroatoms. The first-order chi connectivity index (χ1) is 10.8. The third kappa shape index (κ3) is 2.17. The van der Waals surface area contributed by atoms with Crippen LogP contribution in [0.4, 0.5) is 0 Å². The fourth-order valence-electron chi connectivity index (χ4n) is 6.12. The van der Waals surface area contributed by atoms with Gasteiger partial charge >= 0.3 is 0 Å². The van der Waals surface area contributed by atoms with Crippen LogP contribution in [0.5, 0.6) is 0 Å². The van der Waals surface area contributed by atoms with Crippen LogP contribution in [-0.2, 0) is 9.53 Å². The Balaban J connectivity index is 1.64. The van der Waals surface area contributed by atoms with E-state index in [0.717, 1.165) is 58.5 Å². The molecule has 0 aliphatic carbocycles. The molecule has 0 aromatic heterocycles. The first-order valence-corrected chi connectivity index (χ1v) is 9.52. The molecule has 5 aliphatic heterocycles. The van der Waals surface area contributed by atoms with E-state index in [0.29, 0.717) is 17.9 Å². The molecule has 5 saturated heterocycles. The van der Waals surface area contributed by atoms with Crippen molar-refractivity contribution in [2.45, 2.75) is 65.1 Å². The van der Waals surface area contributed by atoms with E-state index in [-0.39, 0.29) is 16.4 Å². The topological polar surface area (TPSA) is 32.8 Å². The molecule has 0 saturated carbocycles. The molecule has 0 N–H and O–H groups in total. The second-order valence-electron chi connectivity index (χ2n) is 9.18. The Morgan fingerprint density at radius 2 is 1.57 bits per heavy atom. The maximum Gasteiger partial charge on any atom is 0.150 e. The second-order valence-corrected chi connectivity index (χ2v) is 9.18. The summed E-state index contributed by atoms with van der Waals surface area (Å²) in [5.74, 6) is 1.25. The Morgan fingerprint density at radius 3 is 2.00 bits per heavy atom. The van der Waals surface area contributed by atoms with Crippen molar-refractivity contribution in [2.24, 2.45) is 16.7 Å². The van der Waals surface area contributed by atoms with Crippen LogP contribution in [0.1, 0.15) is 53.4 Å². The molecule has 5 aliphatic rings. The van der Waals surface area contributed by atoms with Crippen molar-refractivity contribution in [3.05, 3.63) is 0 Å². The van der Waals surface area contributed by atoms with Crippen molar-refractivity contribution in [3.8, 4) is 0 Å². The van der Waals surface area contributed by atoms with Gasteiger partial charge in [0, 0.05) is 32.8 Å². The Bertz CT molecular complexity index is 473. The lowest BCUT2D eigenvalue weighted by atomic mass is 9.57. The van der Waals surface area contributed by atoms with E-state index in [1.807, 2.05) is 0 Å². The molecular formula is C19H32N2O2. The maximum atomic E-state index is 13.2. The highest BCUT2D eigenvalue weighted by Crippen LogP contribution is 2.53. The molecule has 5 fully saturated rings. The van der Waals surface area contributed by atoms with E-state index in [1.54, 1.807) is 0 Å². The highest BCUT2D eigenvalue weighted by Gasteiger charge is 2.65. The molecule has 0 aromatic carbocycles. The largest absolute Gasteiger partial charge is 0.376 e. The van der Waals surface area contributed by atoms with Crippen LogP contribution in [0.25, 0.3) is 0 Å². The third-order valence-corrected chi connectivity index (χ3v) is 7.24. The van der Waals surface area contributed by atoms with Gasteiger partial charge in [-0.2, -0.15) is 0 Å². The van der Waals surface area contributed by atoms with Gasteiger partial charge in [0.1, 0.15) is 5.78 Å². The number of piperidine rings is 2. The quantitative estimate of drug-likeness (QED) is 0.800. The van der Waals surface area contributed by atoms with E-state index in [4.69, 9.17) is 4.74 Å². The lowest BCUT2D eigenvalue weighted by molar-refractivity contribution is -0.220. The van der Waals surface area contributed by atoms with E-state index in [9.17, 15) is 4.79 Å². The zero-order valence-corrected chi connectivity index (χ0v) is 15.2. The Morgan fingerprint density at radius 1 is 1.04 bits per heavy atom. The number of Topliss-reactive ketones (excluding diaryl/α,β-unsaturated/α-hetero) is 1. The minimum atomic E-state index is -0.0936. The molecule has 0 aromatic rings. The molecule has 5 rings (SSSR count). The second kappa shape index (κ2) is 5.03. The van der Waals surface area contributed by atoms with Crippen LogP contribution >= 0.6 is 0 Å². The van der Waals surface area contributed by atoms with E-state index in [2.05, 4.69) is 37.5 Å². The van der Waals surface area contributed by atoms with E-state index >= 15 is 0 Å². The highest BCUT2D eigenvalue weighted by atomic mass is 16.5. The smallest absolute Gasteiger partial charge is 0.150 e. The molecule has 0 amide bonds. The number of hydrogen-bond acceptors (Lipinski definition) is 4. The van der Waals surface area contributed by atoms with Crippen LogP contribution in [0, 0.1) is 16.7 Å². The minimum absolute atomic E-state index is 0.000523. The van der Waals surface area contributed by atoms with Crippen LogP contribution in [-0.4, -0.2) is 60.1 Å². The van der Waals surface area contributed by atoms with Gasteiger partial charge in [-0.1, -0.05) is 13.8 Å². The van der Waals surface area contributed by atoms with Crippen molar-refractivity contribution < 1.29 is 9.53 Å². The molecular weight excluding hydrogens is 288 g/mol. The lowest BCUT2D eigenvalue weighted by Crippen LogP contribution is -2.80. The number of ether oxygens (including phenoxy) is 1. The zero-order valence-electron chi connectivity index (χ0n) is 15.2. The summed E-state index contributed by atoms with van der Waals surface area (Å²) in [6, 6.07) is 0. The number of carbonyl (C=O) groups excluding carboxylic acids is 1. The lowest BCUT2D eigenvalue weighted by Gasteiger charge is -2.67. The zero-order chi connectivity index (χ0) is 16.5. The molecule has 0 radical (unpaired) electrons. The van der Waals surface area contributed by atoms with Crippen LogP contribution < -0.4 is 0 Å². The number of rotatable bonds is 3. The van der Waals surface area contributed by atoms with Crippen molar-refractivity contribution in [3.63, 3.8) is 0 Å². The fraction of sp³-hybridized carbons (Fsp3) is 0.947. The van der Waals surface area contributed by atoms with Crippen molar-refractivity contribution in [2.75, 3.05) is 32.8 Å². The summed E-state index contributed by atoms with van der Waals surface area (Å²) in [4.78, 5) is 18.5. The van der Waals surface area contributed by atoms with Crippen LogP contribution in [0.2, 0.25) is 0 Å². The number of ketones is 1. The molecule has 1 unspecified atom stereocenters. The first-order valence-electron chi connectivity index (χ1n) is 9.52. The van der Waals surface area contributed by atoms with Crippen molar-refractivity contribution in [1.29, 1.82) is 0 Å². The summed E-state index contributed by atoms with van der Waals surface area (Å²) in [6.07, 6.45) is 4.81. The normalized spacial score (nSPS) is 51.2. The summed E-state index contributed by atoms with van der Waals surface area (Å²) < 4.78 is 5.95. The van der Waals surface area contributed by atoms with E-state index < -0.39 is 0 Å². The van der Waals surface area contributed by atoms with Crippen molar-refractivity contribution >= 4 is 5.78 Å². The molecule has 130 valence electrons. The summed E-state index contributed by atoms with van der Waals surface area (Å²) in [6.45, 7) is 13.7. The van der Waals surface area contributed by atoms with Gasteiger partial charge in [-0.3, -0.25) is 14.6 Å². The molecule has 4 nitrogen and oxygen atoms in total. The first kappa shape index (κ1) is 16.0. The molecule has 0 spiro atoms. The van der Waals surface area contributed by atoms with E-state index in [1.165, 1.54) is 0 Å². The average Bonchev–Trinajstić information content (AvgIpc) is 2.50. The summed E-state index contributed by atoms with van der Waals surface area (Å²) in [7, 11) is 0. The van der Waals surface area contributed by atoms with Gasteiger partial charge in [0.25, 0.3) is 0 Å². The number of nitrogens with zero attached hydrogens (tertiary/aromatic N) is 2. The van der Waals surface area contributed by atoms with Gasteiger partial charge in [0.15, 0.2) is 0 Å². The average molecular weight is 320 g/mol. The van der Waals surface area contributed by atoms with Gasteiger partial charge in [-0.15, -0.1) is 0 Å².